The minimum atomic E-state index is -3.97. The van der Waals surface area contributed by atoms with Crippen molar-refractivity contribution in [2.45, 2.75) is 38.7 Å². The van der Waals surface area contributed by atoms with E-state index in [4.69, 9.17) is 15.0 Å². The highest BCUT2D eigenvalue weighted by atomic mass is 32.2. The van der Waals surface area contributed by atoms with Crippen molar-refractivity contribution in [1.82, 2.24) is 4.90 Å². The summed E-state index contributed by atoms with van der Waals surface area (Å²) in [6.45, 7) is 5.46. The number of carbonyl (C=O) groups is 3. The molecular formula is C14H17N3O7S. The third-order valence-electron chi connectivity index (χ3n) is 3.35. The lowest BCUT2D eigenvalue weighted by atomic mass is 10.1. The van der Waals surface area contributed by atoms with Crippen molar-refractivity contribution in [1.29, 1.82) is 0 Å². The first-order chi connectivity index (χ1) is 11.4. The van der Waals surface area contributed by atoms with Gasteiger partial charge in [0.05, 0.1) is 5.75 Å². The molecule has 11 heteroatoms. The Balaban J connectivity index is 2.55. The van der Waals surface area contributed by atoms with Crippen LogP contribution in [-0.4, -0.2) is 65.0 Å². The summed E-state index contributed by atoms with van der Waals surface area (Å²) in [4.78, 5) is 39.0. The predicted octanol–water partition coefficient (Wildman–Crippen LogP) is -0.587. The standard InChI is InChI=1S/C14H17N3O7S/c1-7(18)23-5-8-6-25(21,22)12-9(16-15)11(19)17(12)10(8)13(20)24-14(2,3)4/h12H,5-6H2,1-4H3. The molecule has 0 radical (unpaired) electrons. The van der Waals surface area contributed by atoms with E-state index in [-0.39, 0.29) is 11.3 Å². The number of rotatable bonds is 3. The highest BCUT2D eigenvalue weighted by Crippen LogP contribution is 2.35. The van der Waals surface area contributed by atoms with Crippen LogP contribution < -0.4 is 0 Å². The van der Waals surface area contributed by atoms with Gasteiger partial charge in [0.15, 0.2) is 9.84 Å². The number of fused-ring (bicyclic) bond motifs is 1. The largest absolute Gasteiger partial charge is 0.461 e. The van der Waals surface area contributed by atoms with Gasteiger partial charge < -0.3 is 15.0 Å². The molecule has 1 amide bonds. The van der Waals surface area contributed by atoms with Gasteiger partial charge in [0.2, 0.25) is 5.37 Å². The van der Waals surface area contributed by atoms with Crippen LogP contribution in [0.3, 0.4) is 0 Å². The summed E-state index contributed by atoms with van der Waals surface area (Å²) in [6, 6.07) is 0. The Morgan fingerprint density at radius 3 is 2.44 bits per heavy atom. The van der Waals surface area contributed by atoms with Gasteiger partial charge in [-0.05, 0) is 20.8 Å². The Kier molecular flexibility index (Phi) is 4.58. The normalized spacial score (nSPS) is 21.9. The SMILES string of the molecule is CC(=O)OCC1=C(C(=O)OC(C)(C)C)N2C(=O)C(=[N+]=[N-])C2S(=O)(=O)C1. The highest BCUT2D eigenvalue weighted by Gasteiger charge is 2.64. The second-order valence-electron chi connectivity index (χ2n) is 6.55. The average molecular weight is 371 g/mol. The number of sulfone groups is 1. The number of amides is 1. The molecule has 0 saturated carbocycles. The van der Waals surface area contributed by atoms with Crippen LogP contribution >= 0.6 is 0 Å². The van der Waals surface area contributed by atoms with Crippen molar-refractivity contribution in [3.63, 3.8) is 0 Å². The zero-order valence-corrected chi connectivity index (χ0v) is 14.9. The van der Waals surface area contributed by atoms with E-state index < -0.39 is 56.7 Å². The van der Waals surface area contributed by atoms with Gasteiger partial charge in [-0.1, -0.05) is 0 Å². The number of hydrogen-bond acceptors (Lipinski definition) is 7. The average Bonchev–Trinajstić information content (AvgIpc) is 2.43. The molecule has 0 aromatic carbocycles. The van der Waals surface area contributed by atoms with Crippen molar-refractivity contribution in [3.05, 3.63) is 16.8 Å². The number of ether oxygens (including phenoxy) is 2. The molecule has 2 rings (SSSR count). The molecule has 1 atom stereocenters. The van der Waals surface area contributed by atoms with Crippen LogP contribution in [0.25, 0.3) is 5.53 Å². The maximum absolute atomic E-state index is 12.5. The molecule has 0 N–H and O–H groups in total. The molecule has 0 aliphatic carbocycles. The van der Waals surface area contributed by atoms with Crippen LogP contribution in [0.15, 0.2) is 11.3 Å². The maximum atomic E-state index is 12.5. The maximum Gasteiger partial charge on any atom is 0.394 e. The molecule has 2 aliphatic rings. The summed E-state index contributed by atoms with van der Waals surface area (Å²) in [5.74, 6) is -3.18. The molecule has 2 heterocycles. The fraction of sp³-hybridized carbons (Fsp3) is 0.571. The third-order valence-corrected chi connectivity index (χ3v) is 5.21. The second-order valence-corrected chi connectivity index (χ2v) is 8.62. The molecule has 1 saturated heterocycles. The van der Waals surface area contributed by atoms with Crippen LogP contribution in [-0.2, 0) is 33.7 Å². The van der Waals surface area contributed by atoms with Crippen molar-refractivity contribution >= 4 is 33.4 Å². The van der Waals surface area contributed by atoms with E-state index in [1.54, 1.807) is 20.8 Å². The highest BCUT2D eigenvalue weighted by molar-refractivity contribution is 7.93. The van der Waals surface area contributed by atoms with E-state index in [9.17, 15) is 22.8 Å². The first kappa shape index (κ1) is 18.8. The van der Waals surface area contributed by atoms with E-state index in [0.29, 0.717) is 4.90 Å². The van der Waals surface area contributed by atoms with E-state index >= 15 is 0 Å². The van der Waals surface area contributed by atoms with Gasteiger partial charge in [-0.3, -0.25) is 14.5 Å². The van der Waals surface area contributed by atoms with Crippen molar-refractivity contribution < 1.29 is 37.1 Å². The van der Waals surface area contributed by atoms with Gasteiger partial charge in [-0.25, -0.2) is 13.2 Å². The first-order valence-corrected chi connectivity index (χ1v) is 8.96. The van der Waals surface area contributed by atoms with E-state index in [2.05, 4.69) is 4.79 Å². The van der Waals surface area contributed by atoms with Crippen LogP contribution in [0.2, 0.25) is 0 Å². The molecule has 1 unspecified atom stereocenters. The van der Waals surface area contributed by atoms with Gasteiger partial charge in [-0.2, -0.15) is 4.79 Å². The number of carbonyl (C=O) groups excluding carboxylic acids is 3. The van der Waals surface area contributed by atoms with Crippen LogP contribution in [0, 0.1) is 0 Å². The third kappa shape index (κ3) is 3.47. The summed E-state index contributed by atoms with van der Waals surface area (Å²) in [5.41, 5.74) is 6.99. The Hall–Kier alpha value is -2.52. The Morgan fingerprint density at radius 2 is 1.96 bits per heavy atom. The summed E-state index contributed by atoms with van der Waals surface area (Å²) in [6.07, 6.45) is 0. The van der Waals surface area contributed by atoms with Gasteiger partial charge in [0.1, 0.15) is 17.9 Å². The van der Waals surface area contributed by atoms with Gasteiger partial charge in [0.25, 0.3) is 0 Å². The molecular weight excluding hydrogens is 354 g/mol. The zero-order valence-electron chi connectivity index (χ0n) is 14.1. The minimum absolute atomic E-state index is 0.0777. The predicted molar refractivity (Wildman–Crippen MR) is 82.6 cm³/mol. The van der Waals surface area contributed by atoms with E-state index in [1.807, 2.05) is 0 Å². The molecule has 0 spiro atoms. The van der Waals surface area contributed by atoms with Gasteiger partial charge in [-0.15, -0.1) is 0 Å². The lowest BCUT2D eigenvalue weighted by Crippen LogP contribution is -2.68. The summed E-state index contributed by atoms with van der Waals surface area (Å²) >= 11 is 0. The van der Waals surface area contributed by atoms with Gasteiger partial charge >= 0.3 is 23.6 Å². The van der Waals surface area contributed by atoms with Gasteiger partial charge in [0, 0.05) is 12.5 Å². The quantitative estimate of drug-likeness (QED) is 0.279. The lowest BCUT2D eigenvalue weighted by Gasteiger charge is -2.40. The summed E-state index contributed by atoms with van der Waals surface area (Å²) in [7, 11) is -3.97. The van der Waals surface area contributed by atoms with E-state index in [1.165, 1.54) is 0 Å². The van der Waals surface area contributed by atoms with Crippen molar-refractivity contribution in [2.24, 2.45) is 0 Å². The first-order valence-electron chi connectivity index (χ1n) is 7.25. The summed E-state index contributed by atoms with van der Waals surface area (Å²) in [5, 5.41) is -1.56. The van der Waals surface area contributed by atoms with Crippen LogP contribution in [0.5, 0.6) is 0 Å². The molecule has 0 aromatic heterocycles. The Labute approximate surface area is 143 Å². The zero-order chi connectivity index (χ0) is 19.2. The number of esters is 2. The topological polar surface area (TPSA) is 143 Å². The minimum Gasteiger partial charge on any atom is -0.461 e. The molecule has 1 fully saturated rings. The fourth-order valence-electron chi connectivity index (χ4n) is 2.46. The second kappa shape index (κ2) is 6.08. The smallest absolute Gasteiger partial charge is 0.394 e. The van der Waals surface area contributed by atoms with Crippen molar-refractivity contribution in [3.8, 4) is 0 Å². The number of β-lactam (4-membered cyclic amide) rings is 1. The number of hydrogen-bond donors (Lipinski definition) is 0. The van der Waals surface area contributed by atoms with Crippen LogP contribution in [0.4, 0.5) is 0 Å². The Bertz CT molecular complexity index is 844. The van der Waals surface area contributed by atoms with Crippen LogP contribution in [0.1, 0.15) is 27.7 Å². The molecule has 136 valence electrons. The Morgan fingerprint density at radius 1 is 1.36 bits per heavy atom. The fourth-order valence-corrected chi connectivity index (χ4v) is 4.34. The molecule has 0 aromatic rings. The molecule has 2 aliphatic heterocycles. The monoisotopic (exact) mass is 371 g/mol. The lowest BCUT2D eigenvalue weighted by molar-refractivity contribution is -0.155. The summed E-state index contributed by atoms with van der Waals surface area (Å²) < 4.78 is 34.7. The number of nitrogens with zero attached hydrogens (tertiary/aromatic N) is 3. The van der Waals surface area contributed by atoms with E-state index in [0.717, 1.165) is 6.92 Å². The molecule has 25 heavy (non-hydrogen) atoms. The van der Waals surface area contributed by atoms with Crippen molar-refractivity contribution in [2.75, 3.05) is 12.4 Å². The molecule has 0 bridgehead atoms. The molecule has 10 nitrogen and oxygen atoms in total.